The highest BCUT2D eigenvalue weighted by molar-refractivity contribution is 6.30. The molecule has 0 bridgehead atoms. The molecule has 5 nitrogen and oxygen atoms in total. The second kappa shape index (κ2) is 7.64. The first-order valence-corrected chi connectivity index (χ1v) is 9.48. The summed E-state index contributed by atoms with van der Waals surface area (Å²) in [5, 5.41) is 3.72. The maximum absolute atomic E-state index is 13.1. The van der Waals surface area contributed by atoms with E-state index in [0.29, 0.717) is 49.1 Å². The van der Waals surface area contributed by atoms with Crippen LogP contribution < -0.4 is 26.0 Å². The van der Waals surface area contributed by atoms with E-state index >= 15 is 0 Å². The Labute approximate surface area is 166 Å². The number of nitrogens with one attached hydrogen (secondary N) is 1. The molecule has 0 spiro atoms. The van der Waals surface area contributed by atoms with Crippen molar-refractivity contribution in [3.63, 3.8) is 0 Å². The molecule has 1 aliphatic heterocycles. The van der Waals surface area contributed by atoms with Crippen molar-refractivity contribution in [2.45, 2.75) is 6.54 Å². The average Bonchev–Trinajstić information content (AvgIpc) is 2.71. The Morgan fingerprint density at radius 2 is 1.61 bits per heavy atom. The third kappa shape index (κ3) is 3.60. The molecule has 0 atom stereocenters. The molecule has 3 aromatic rings. The number of hydrogen-bond acceptors (Lipinski definition) is 5. The molecule has 4 rings (SSSR count). The molecule has 1 fully saturated rings. The standard InChI is InChI=1S/C21H19ClFN3O2/c22-15-3-1-2-14(12-15)13-24-18-19(21(28)20(18)27)26-10-8-25(9-11-26)17-6-4-16(23)5-7-17/h1-7,12,24H,8-11,13H2. The minimum absolute atomic E-state index is 0.262. The van der Waals surface area contributed by atoms with Gasteiger partial charge in [0.1, 0.15) is 17.2 Å². The second-order valence-electron chi connectivity index (χ2n) is 6.82. The maximum Gasteiger partial charge on any atom is 0.253 e. The fraction of sp³-hybridized carbons (Fsp3) is 0.238. The number of nitrogens with zero attached hydrogens (tertiary/aromatic N) is 2. The molecule has 144 valence electrons. The van der Waals surface area contributed by atoms with Crippen LogP contribution in [-0.4, -0.2) is 26.2 Å². The van der Waals surface area contributed by atoms with Gasteiger partial charge in [-0.1, -0.05) is 23.7 Å². The molecule has 0 aliphatic carbocycles. The van der Waals surface area contributed by atoms with E-state index in [1.54, 1.807) is 18.2 Å². The summed E-state index contributed by atoms with van der Waals surface area (Å²) in [7, 11) is 0. The number of hydrogen-bond donors (Lipinski definition) is 1. The molecular formula is C21H19ClFN3O2. The van der Waals surface area contributed by atoms with Gasteiger partial charge < -0.3 is 15.1 Å². The van der Waals surface area contributed by atoms with Crippen LogP contribution in [0.5, 0.6) is 0 Å². The monoisotopic (exact) mass is 399 g/mol. The third-order valence-corrected chi connectivity index (χ3v) is 5.27. The molecule has 7 heteroatoms. The van der Waals surface area contributed by atoms with Gasteiger partial charge in [-0.15, -0.1) is 0 Å². The molecule has 0 unspecified atom stereocenters. The summed E-state index contributed by atoms with van der Waals surface area (Å²) in [6.45, 7) is 3.05. The van der Waals surface area contributed by atoms with E-state index in [4.69, 9.17) is 11.6 Å². The van der Waals surface area contributed by atoms with E-state index < -0.39 is 10.9 Å². The normalized spacial score (nSPS) is 14.5. The number of anilines is 3. The van der Waals surface area contributed by atoms with E-state index in [2.05, 4.69) is 10.2 Å². The van der Waals surface area contributed by atoms with Crippen LogP contribution in [0.15, 0.2) is 58.1 Å². The van der Waals surface area contributed by atoms with Crippen molar-refractivity contribution in [3.8, 4) is 0 Å². The molecule has 28 heavy (non-hydrogen) atoms. The van der Waals surface area contributed by atoms with Crippen LogP contribution in [0.25, 0.3) is 0 Å². The highest BCUT2D eigenvalue weighted by atomic mass is 35.5. The van der Waals surface area contributed by atoms with E-state index in [9.17, 15) is 14.0 Å². The smallest absolute Gasteiger partial charge is 0.253 e. The van der Waals surface area contributed by atoms with Crippen LogP contribution in [0.3, 0.4) is 0 Å². The number of halogens is 2. The van der Waals surface area contributed by atoms with Gasteiger partial charge in [0, 0.05) is 43.4 Å². The fourth-order valence-corrected chi connectivity index (χ4v) is 3.74. The Morgan fingerprint density at radius 3 is 2.29 bits per heavy atom. The minimum Gasteiger partial charge on any atom is -0.376 e. The third-order valence-electron chi connectivity index (χ3n) is 5.03. The van der Waals surface area contributed by atoms with E-state index in [0.717, 1.165) is 11.3 Å². The lowest BCUT2D eigenvalue weighted by atomic mass is 10.1. The summed E-state index contributed by atoms with van der Waals surface area (Å²) in [4.78, 5) is 28.3. The van der Waals surface area contributed by atoms with E-state index in [1.807, 2.05) is 23.1 Å². The second-order valence-corrected chi connectivity index (χ2v) is 7.25. The molecule has 1 heterocycles. The van der Waals surface area contributed by atoms with Gasteiger partial charge in [-0.25, -0.2) is 4.39 Å². The zero-order chi connectivity index (χ0) is 19.7. The first-order chi connectivity index (χ1) is 13.5. The predicted molar refractivity (Wildman–Crippen MR) is 111 cm³/mol. The molecular weight excluding hydrogens is 381 g/mol. The summed E-state index contributed by atoms with van der Waals surface area (Å²) < 4.78 is 13.1. The van der Waals surface area contributed by atoms with Gasteiger partial charge in [0.2, 0.25) is 0 Å². The maximum atomic E-state index is 13.1. The molecule has 1 aliphatic rings. The number of benzene rings is 2. The van der Waals surface area contributed by atoms with Gasteiger partial charge in [-0.05, 0) is 42.0 Å². The Kier molecular flexibility index (Phi) is 5.05. The van der Waals surface area contributed by atoms with Crippen LogP contribution in [0, 0.1) is 5.82 Å². The first-order valence-electron chi connectivity index (χ1n) is 9.10. The van der Waals surface area contributed by atoms with Crippen LogP contribution in [-0.2, 0) is 6.54 Å². The van der Waals surface area contributed by atoms with Crippen LogP contribution in [0.2, 0.25) is 5.02 Å². The molecule has 0 saturated carbocycles. The van der Waals surface area contributed by atoms with E-state index in [-0.39, 0.29) is 5.82 Å². The highest BCUT2D eigenvalue weighted by Crippen LogP contribution is 2.24. The summed E-state index contributed by atoms with van der Waals surface area (Å²) in [6, 6.07) is 13.7. The molecule has 0 radical (unpaired) electrons. The van der Waals surface area contributed by atoms with Gasteiger partial charge in [-0.2, -0.15) is 0 Å². The highest BCUT2D eigenvalue weighted by Gasteiger charge is 2.28. The predicted octanol–water partition coefficient (Wildman–Crippen LogP) is 3.01. The van der Waals surface area contributed by atoms with E-state index in [1.165, 1.54) is 12.1 Å². The van der Waals surface area contributed by atoms with Gasteiger partial charge in [0.15, 0.2) is 0 Å². The zero-order valence-electron chi connectivity index (χ0n) is 15.1. The first kappa shape index (κ1) is 18.5. The largest absolute Gasteiger partial charge is 0.376 e. The van der Waals surface area contributed by atoms with Crippen molar-refractivity contribution in [3.05, 3.63) is 85.4 Å². The topological polar surface area (TPSA) is 52.7 Å². The van der Waals surface area contributed by atoms with Crippen LogP contribution in [0.4, 0.5) is 21.5 Å². The van der Waals surface area contributed by atoms with Gasteiger partial charge in [0.05, 0.1) is 0 Å². The quantitative estimate of drug-likeness (QED) is 0.668. The summed E-state index contributed by atoms with van der Waals surface area (Å²) in [5.41, 5.74) is 1.81. The Morgan fingerprint density at radius 1 is 0.929 bits per heavy atom. The number of piperazine rings is 1. The van der Waals surface area contributed by atoms with Crippen molar-refractivity contribution in [2.75, 3.05) is 41.3 Å². The summed E-state index contributed by atoms with van der Waals surface area (Å²) in [5.74, 6) is -0.262. The Bertz CT molecular complexity index is 1050. The fourth-order valence-electron chi connectivity index (χ4n) is 3.52. The lowest BCUT2D eigenvalue weighted by molar-refractivity contribution is 0.624. The summed E-state index contributed by atoms with van der Waals surface area (Å²) in [6.07, 6.45) is 0. The van der Waals surface area contributed by atoms with Gasteiger partial charge in [0.25, 0.3) is 10.9 Å². The molecule has 0 aromatic heterocycles. The molecule has 1 saturated heterocycles. The average molecular weight is 400 g/mol. The van der Waals surface area contributed by atoms with Crippen molar-refractivity contribution in [1.29, 1.82) is 0 Å². The zero-order valence-corrected chi connectivity index (χ0v) is 15.9. The van der Waals surface area contributed by atoms with Gasteiger partial charge in [-0.3, -0.25) is 9.59 Å². The lowest BCUT2D eigenvalue weighted by Gasteiger charge is -2.38. The van der Waals surface area contributed by atoms with Crippen LogP contribution in [0.1, 0.15) is 5.56 Å². The van der Waals surface area contributed by atoms with Crippen molar-refractivity contribution >= 4 is 28.7 Å². The minimum atomic E-state index is -0.474. The Balaban J connectivity index is 1.43. The van der Waals surface area contributed by atoms with Gasteiger partial charge >= 0.3 is 0 Å². The molecule has 3 aromatic carbocycles. The summed E-state index contributed by atoms with van der Waals surface area (Å²) >= 11 is 5.99. The van der Waals surface area contributed by atoms with Crippen molar-refractivity contribution < 1.29 is 4.39 Å². The van der Waals surface area contributed by atoms with Crippen LogP contribution >= 0.6 is 11.6 Å². The molecule has 0 amide bonds. The SMILES string of the molecule is O=c1c(NCc2cccc(Cl)c2)c(N2CCN(c3ccc(F)cc3)CC2)c1=O. The number of rotatable bonds is 5. The Hall–Kier alpha value is -2.86. The van der Waals surface area contributed by atoms with Crippen molar-refractivity contribution in [1.82, 2.24) is 0 Å². The van der Waals surface area contributed by atoms with Crippen molar-refractivity contribution in [2.24, 2.45) is 0 Å². The molecule has 1 N–H and O–H groups in total. The lowest BCUT2D eigenvalue weighted by Crippen LogP contribution is -2.51.